The highest BCUT2D eigenvalue weighted by Crippen LogP contribution is 2.41. The summed E-state index contributed by atoms with van der Waals surface area (Å²) in [7, 11) is 0. The monoisotopic (exact) mass is 318 g/mol. The molecule has 1 aliphatic rings. The van der Waals surface area contributed by atoms with Crippen molar-refractivity contribution in [1.29, 1.82) is 0 Å². The Balaban J connectivity index is 2.41. The number of benzene rings is 1. The number of anilines is 1. The number of aryl methyl sites for hydroxylation is 1. The van der Waals surface area contributed by atoms with Gasteiger partial charge in [-0.2, -0.15) is 13.2 Å². The number of nitrogens with zero attached hydrogens (tertiary/aromatic N) is 2. The van der Waals surface area contributed by atoms with Crippen molar-refractivity contribution in [2.24, 2.45) is 11.8 Å². The van der Waals surface area contributed by atoms with E-state index in [-0.39, 0.29) is 11.4 Å². The molecular formula is C13H13F3N2O4. The van der Waals surface area contributed by atoms with Crippen molar-refractivity contribution >= 4 is 17.3 Å². The van der Waals surface area contributed by atoms with Crippen LogP contribution in [0.4, 0.5) is 24.5 Å². The second-order valence-corrected chi connectivity index (χ2v) is 5.25. The van der Waals surface area contributed by atoms with Crippen LogP contribution in [0.3, 0.4) is 0 Å². The van der Waals surface area contributed by atoms with Crippen LogP contribution in [0.1, 0.15) is 5.56 Å². The molecule has 1 aromatic carbocycles. The Morgan fingerprint density at radius 1 is 1.41 bits per heavy atom. The summed E-state index contributed by atoms with van der Waals surface area (Å²) in [6.07, 6.45) is -4.67. The fourth-order valence-electron chi connectivity index (χ4n) is 2.62. The molecule has 1 heterocycles. The fourth-order valence-corrected chi connectivity index (χ4v) is 2.62. The minimum atomic E-state index is -4.67. The molecule has 2 atom stereocenters. The van der Waals surface area contributed by atoms with Gasteiger partial charge in [0.15, 0.2) is 0 Å². The third kappa shape index (κ3) is 2.97. The van der Waals surface area contributed by atoms with Gasteiger partial charge < -0.3 is 10.0 Å². The summed E-state index contributed by atoms with van der Waals surface area (Å²) in [5.74, 6) is -5.25. The molecule has 1 aromatic rings. The van der Waals surface area contributed by atoms with Gasteiger partial charge in [0.05, 0.1) is 16.8 Å². The number of nitro groups is 1. The molecule has 6 nitrogen and oxygen atoms in total. The van der Waals surface area contributed by atoms with E-state index in [1.165, 1.54) is 18.2 Å². The molecule has 120 valence electrons. The minimum absolute atomic E-state index is 0.0167. The first-order chi connectivity index (χ1) is 10.1. The number of nitro benzene ring substituents is 1. The van der Waals surface area contributed by atoms with Gasteiger partial charge in [0.2, 0.25) is 0 Å². The Labute approximate surface area is 123 Å². The number of rotatable bonds is 3. The van der Waals surface area contributed by atoms with Gasteiger partial charge in [-0.25, -0.2) is 0 Å². The van der Waals surface area contributed by atoms with E-state index in [1.54, 1.807) is 6.92 Å². The lowest BCUT2D eigenvalue weighted by Crippen LogP contribution is -2.33. The Hall–Kier alpha value is -2.32. The van der Waals surface area contributed by atoms with Gasteiger partial charge in [-0.05, 0) is 18.6 Å². The van der Waals surface area contributed by atoms with E-state index in [2.05, 4.69) is 0 Å². The molecule has 9 heteroatoms. The lowest BCUT2D eigenvalue weighted by Gasteiger charge is -2.20. The Bertz CT molecular complexity index is 618. The fraction of sp³-hybridized carbons (Fsp3) is 0.462. The molecule has 0 unspecified atom stereocenters. The van der Waals surface area contributed by atoms with Crippen molar-refractivity contribution in [3.8, 4) is 0 Å². The van der Waals surface area contributed by atoms with E-state index in [0.717, 1.165) is 4.90 Å². The Kier molecular flexibility index (Phi) is 3.99. The summed E-state index contributed by atoms with van der Waals surface area (Å²) < 4.78 is 38.9. The molecule has 0 amide bonds. The first-order valence-electron chi connectivity index (χ1n) is 6.40. The average Bonchev–Trinajstić information content (AvgIpc) is 2.83. The molecule has 0 bridgehead atoms. The number of hydrogen-bond acceptors (Lipinski definition) is 4. The topological polar surface area (TPSA) is 83.7 Å². The van der Waals surface area contributed by atoms with Crippen LogP contribution in [0, 0.1) is 28.9 Å². The van der Waals surface area contributed by atoms with Crippen LogP contribution in [0.25, 0.3) is 0 Å². The first-order valence-corrected chi connectivity index (χ1v) is 6.40. The highest BCUT2D eigenvalue weighted by molar-refractivity contribution is 5.74. The average molecular weight is 318 g/mol. The summed E-state index contributed by atoms with van der Waals surface area (Å²) in [5, 5.41) is 20.0. The molecule has 0 aromatic heterocycles. The zero-order valence-corrected chi connectivity index (χ0v) is 11.5. The summed E-state index contributed by atoms with van der Waals surface area (Å²) in [5.41, 5.74) is 0.323. The van der Waals surface area contributed by atoms with Gasteiger partial charge in [0.1, 0.15) is 5.69 Å². The number of halogens is 3. The van der Waals surface area contributed by atoms with Gasteiger partial charge in [-0.3, -0.25) is 14.9 Å². The maximum atomic E-state index is 13.0. The standard InChI is InChI=1S/C13H13F3N2O4/c1-7-2-3-10(18(21)22)11(4-7)17-5-8(12(19)20)9(6-17)13(14,15)16/h2-4,8-9H,5-6H2,1H3,(H,19,20)/t8-,9-/m1/s1. The molecule has 0 saturated carbocycles. The van der Waals surface area contributed by atoms with Crippen molar-refractivity contribution in [3.63, 3.8) is 0 Å². The molecular weight excluding hydrogens is 305 g/mol. The predicted octanol–water partition coefficient (Wildman–Crippen LogP) is 2.60. The van der Waals surface area contributed by atoms with Crippen molar-refractivity contribution in [2.45, 2.75) is 13.1 Å². The number of carbonyl (C=O) groups is 1. The summed E-state index contributed by atoms with van der Waals surface area (Å²) in [6, 6.07) is 4.09. The van der Waals surface area contributed by atoms with E-state index >= 15 is 0 Å². The highest BCUT2D eigenvalue weighted by atomic mass is 19.4. The zero-order valence-electron chi connectivity index (χ0n) is 11.5. The second-order valence-electron chi connectivity index (χ2n) is 5.25. The lowest BCUT2D eigenvalue weighted by molar-refractivity contribution is -0.384. The van der Waals surface area contributed by atoms with Crippen LogP contribution in [-0.4, -0.2) is 35.3 Å². The molecule has 0 spiro atoms. The van der Waals surface area contributed by atoms with Crippen molar-refractivity contribution < 1.29 is 28.0 Å². The van der Waals surface area contributed by atoms with E-state index < -0.39 is 42.0 Å². The normalized spacial score (nSPS) is 21.9. The third-order valence-electron chi connectivity index (χ3n) is 3.73. The van der Waals surface area contributed by atoms with Gasteiger partial charge >= 0.3 is 12.1 Å². The summed E-state index contributed by atoms with van der Waals surface area (Å²) >= 11 is 0. The van der Waals surface area contributed by atoms with E-state index in [1.807, 2.05) is 0 Å². The van der Waals surface area contributed by atoms with Crippen LogP contribution >= 0.6 is 0 Å². The number of carboxylic acid groups (broad SMARTS) is 1. The van der Waals surface area contributed by atoms with Crippen LogP contribution < -0.4 is 4.90 Å². The first kappa shape index (κ1) is 16.1. The maximum Gasteiger partial charge on any atom is 0.394 e. The number of carboxylic acids is 1. The van der Waals surface area contributed by atoms with Gasteiger partial charge in [-0.1, -0.05) is 6.07 Å². The summed E-state index contributed by atoms with van der Waals surface area (Å²) in [6.45, 7) is 0.633. The van der Waals surface area contributed by atoms with Crippen LogP contribution in [-0.2, 0) is 4.79 Å². The maximum absolute atomic E-state index is 13.0. The largest absolute Gasteiger partial charge is 0.481 e. The van der Waals surface area contributed by atoms with E-state index in [9.17, 15) is 28.1 Å². The quantitative estimate of drug-likeness (QED) is 0.684. The predicted molar refractivity (Wildman–Crippen MR) is 70.7 cm³/mol. The van der Waals surface area contributed by atoms with Crippen LogP contribution in [0.5, 0.6) is 0 Å². The molecule has 22 heavy (non-hydrogen) atoms. The molecule has 1 N–H and O–H groups in total. The second kappa shape index (κ2) is 5.47. The molecule has 1 fully saturated rings. The molecule has 1 aliphatic heterocycles. The van der Waals surface area contributed by atoms with Crippen LogP contribution in [0.15, 0.2) is 18.2 Å². The van der Waals surface area contributed by atoms with Gasteiger partial charge in [0, 0.05) is 19.2 Å². The number of alkyl halides is 3. The van der Waals surface area contributed by atoms with Crippen molar-refractivity contribution in [2.75, 3.05) is 18.0 Å². The molecule has 0 radical (unpaired) electrons. The number of hydrogen-bond donors (Lipinski definition) is 1. The van der Waals surface area contributed by atoms with Crippen molar-refractivity contribution in [3.05, 3.63) is 33.9 Å². The molecule has 1 saturated heterocycles. The lowest BCUT2D eigenvalue weighted by atomic mass is 9.96. The zero-order chi connectivity index (χ0) is 16.7. The van der Waals surface area contributed by atoms with Gasteiger partial charge in [0.25, 0.3) is 5.69 Å². The van der Waals surface area contributed by atoms with E-state index in [4.69, 9.17) is 5.11 Å². The van der Waals surface area contributed by atoms with E-state index in [0.29, 0.717) is 5.56 Å². The molecule has 0 aliphatic carbocycles. The third-order valence-corrected chi connectivity index (χ3v) is 3.73. The smallest absolute Gasteiger partial charge is 0.394 e. The van der Waals surface area contributed by atoms with Crippen molar-refractivity contribution in [1.82, 2.24) is 0 Å². The SMILES string of the molecule is Cc1ccc([N+](=O)[O-])c(N2C[C@@H](C(F)(F)F)[C@H](C(=O)O)C2)c1. The number of aliphatic carboxylic acids is 1. The van der Waals surface area contributed by atoms with Gasteiger partial charge in [-0.15, -0.1) is 0 Å². The minimum Gasteiger partial charge on any atom is -0.481 e. The highest BCUT2D eigenvalue weighted by Gasteiger charge is 2.53. The van der Waals surface area contributed by atoms with Crippen LogP contribution in [0.2, 0.25) is 0 Å². The Morgan fingerprint density at radius 3 is 2.50 bits per heavy atom. The molecule has 2 rings (SSSR count). The Morgan fingerprint density at radius 2 is 2.05 bits per heavy atom. The summed E-state index contributed by atoms with van der Waals surface area (Å²) in [4.78, 5) is 22.5.